The van der Waals surface area contributed by atoms with Gasteiger partial charge in [0.05, 0.1) is 19.3 Å². The average Bonchev–Trinajstić information content (AvgIpc) is 3.12. The van der Waals surface area contributed by atoms with E-state index in [2.05, 4.69) is 27.6 Å². The van der Waals surface area contributed by atoms with Crippen molar-refractivity contribution in [1.29, 1.82) is 0 Å². The van der Waals surface area contributed by atoms with E-state index in [1.54, 1.807) is 13.2 Å². The summed E-state index contributed by atoms with van der Waals surface area (Å²) >= 11 is 0. The second kappa shape index (κ2) is 10.4. The maximum atomic E-state index is 13.2. The number of carbonyl (C=O) groups excluding carboxylic acids is 1. The molecule has 0 aliphatic heterocycles. The summed E-state index contributed by atoms with van der Waals surface area (Å²) < 4.78 is 20.3. The normalized spacial score (nSPS) is 11.3. The molecule has 8 heteroatoms. The number of benzene rings is 2. The number of aromatic nitrogens is 2. The molecule has 1 aromatic heterocycles. The van der Waals surface area contributed by atoms with Crippen LogP contribution in [0.1, 0.15) is 35.0 Å². The van der Waals surface area contributed by atoms with Crippen LogP contribution < -0.4 is 15.4 Å². The van der Waals surface area contributed by atoms with Gasteiger partial charge in [0.15, 0.2) is 0 Å². The van der Waals surface area contributed by atoms with E-state index in [4.69, 9.17) is 4.74 Å². The summed E-state index contributed by atoms with van der Waals surface area (Å²) in [6, 6.07) is 12.6. The second-order valence-corrected chi connectivity index (χ2v) is 6.99. The number of aryl methyl sites for hydroxylation is 2. The number of ether oxygens (including phenoxy) is 1. The highest BCUT2D eigenvalue weighted by Crippen LogP contribution is 2.17. The van der Waals surface area contributed by atoms with Gasteiger partial charge in [-0.2, -0.15) is 5.10 Å². The third-order valence-electron chi connectivity index (χ3n) is 4.58. The fraction of sp³-hybridized carbons (Fsp3) is 0.261. The number of guanidine groups is 1. The second-order valence-electron chi connectivity index (χ2n) is 6.99. The fourth-order valence-corrected chi connectivity index (χ4v) is 2.95. The molecule has 3 aromatic rings. The molecule has 7 nitrogen and oxygen atoms in total. The highest BCUT2D eigenvalue weighted by Gasteiger charge is 2.11. The maximum Gasteiger partial charge on any atom is 0.257 e. The Hall–Kier alpha value is -3.68. The van der Waals surface area contributed by atoms with Crippen LogP contribution in [0.5, 0.6) is 5.75 Å². The lowest BCUT2D eigenvalue weighted by Crippen LogP contribution is -2.36. The zero-order chi connectivity index (χ0) is 22.2. The molecule has 1 heterocycles. The number of nitrogens with zero attached hydrogens (tertiary/aromatic N) is 3. The molecular formula is C23H26FN5O2. The largest absolute Gasteiger partial charge is 0.497 e. The molecular weight excluding hydrogens is 397 g/mol. The summed E-state index contributed by atoms with van der Waals surface area (Å²) in [5.41, 5.74) is 2.89. The van der Waals surface area contributed by atoms with Gasteiger partial charge >= 0.3 is 0 Å². The van der Waals surface area contributed by atoms with Gasteiger partial charge in [0.1, 0.15) is 11.6 Å². The lowest BCUT2D eigenvalue weighted by molar-refractivity contribution is 0.0977. The first-order valence-corrected chi connectivity index (χ1v) is 10.0. The smallest absolute Gasteiger partial charge is 0.257 e. The van der Waals surface area contributed by atoms with E-state index in [1.807, 2.05) is 36.0 Å². The molecule has 2 N–H and O–H groups in total. The number of amides is 1. The van der Waals surface area contributed by atoms with Crippen molar-refractivity contribution in [2.45, 2.75) is 33.4 Å². The molecule has 0 radical (unpaired) electrons. The summed E-state index contributed by atoms with van der Waals surface area (Å²) in [4.78, 5) is 17.2. The van der Waals surface area contributed by atoms with E-state index < -0.39 is 11.7 Å². The number of rotatable bonds is 7. The van der Waals surface area contributed by atoms with E-state index in [1.165, 1.54) is 24.3 Å². The van der Waals surface area contributed by atoms with Crippen molar-refractivity contribution in [1.82, 2.24) is 15.1 Å². The number of halogens is 1. The zero-order valence-corrected chi connectivity index (χ0v) is 17.9. The van der Waals surface area contributed by atoms with E-state index >= 15 is 0 Å². The van der Waals surface area contributed by atoms with Crippen molar-refractivity contribution in [3.05, 3.63) is 77.4 Å². The average molecular weight is 423 g/mol. The molecule has 162 valence electrons. The zero-order valence-electron chi connectivity index (χ0n) is 17.9. The molecule has 2 aromatic carbocycles. The van der Waals surface area contributed by atoms with Crippen LogP contribution in [-0.4, -0.2) is 28.8 Å². The number of hydrogen-bond donors (Lipinski definition) is 2. The Morgan fingerprint density at radius 1 is 1.23 bits per heavy atom. The van der Waals surface area contributed by atoms with Crippen molar-refractivity contribution in [2.75, 3.05) is 12.4 Å². The van der Waals surface area contributed by atoms with Gasteiger partial charge in [0.25, 0.3) is 5.91 Å². The van der Waals surface area contributed by atoms with Crippen LogP contribution in [0.2, 0.25) is 0 Å². The third kappa shape index (κ3) is 6.15. The Balaban J connectivity index is 1.82. The van der Waals surface area contributed by atoms with Crippen molar-refractivity contribution >= 4 is 17.6 Å². The van der Waals surface area contributed by atoms with Crippen LogP contribution in [0.25, 0.3) is 0 Å². The molecule has 0 aliphatic carbocycles. The fourth-order valence-electron chi connectivity index (χ4n) is 2.95. The lowest BCUT2D eigenvalue weighted by atomic mass is 10.2. The summed E-state index contributed by atoms with van der Waals surface area (Å²) in [5, 5.41) is 10.4. The molecule has 0 unspecified atom stereocenters. The van der Waals surface area contributed by atoms with Gasteiger partial charge in [-0.15, -0.1) is 0 Å². The van der Waals surface area contributed by atoms with Crippen LogP contribution in [0, 0.1) is 12.7 Å². The van der Waals surface area contributed by atoms with Crippen LogP contribution in [0.15, 0.2) is 59.7 Å². The van der Waals surface area contributed by atoms with E-state index in [0.717, 1.165) is 24.2 Å². The maximum absolute atomic E-state index is 13.2. The van der Waals surface area contributed by atoms with E-state index in [0.29, 0.717) is 23.5 Å². The molecule has 3 rings (SSSR count). The number of carbonyl (C=O) groups is 1. The molecule has 0 bridgehead atoms. The molecule has 0 saturated heterocycles. The minimum Gasteiger partial charge on any atom is -0.497 e. The molecule has 31 heavy (non-hydrogen) atoms. The molecule has 0 aliphatic rings. The first kappa shape index (κ1) is 22.0. The Labute approximate surface area is 181 Å². The number of hydrogen-bond acceptors (Lipinski definition) is 4. The number of anilines is 1. The molecule has 0 fully saturated rings. The number of aliphatic imine (C=N–C) groups is 1. The SMILES string of the molecule is CCCn1cc(CN=C(NC(=O)c2ccc(F)cc2)Nc2cccc(OC)c2)c(C)n1. The van der Waals surface area contributed by atoms with Gasteiger partial charge in [-0.1, -0.05) is 13.0 Å². The van der Waals surface area contributed by atoms with Gasteiger partial charge < -0.3 is 10.1 Å². The van der Waals surface area contributed by atoms with Gasteiger partial charge in [-0.25, -0.2) is 9.38 Å². The predicted molar refractivity (Wildman–Crippen MR) is 119 cm³/mol. The Kier molecular flexibility index (Phi) is 7.37. The first-order chi connectivity index (χ1) is 15.0. The number of nitrogens with one attached hydrogen (secondary N) is 2. The van der Waals surface area contributed by atoms with Gasteiger partial charge in [0, 0.05) is 35.6 Å². The lowest BCUT2D eigenvalue weighted by Gasteiger charge is -2.12. The Morgan fingerprint density at radius 3 is 2.71 bits per heavy atom. The highest BCUT2D eigenvalue weighted by atomic mass is 19.1. The predicted octanol–water partition coefficient (Wildman–Crippen LogP) is 4.15. The van der Waals surface area contributed by atoms with Gasteiger partial charge in [-0.05, 0) is 49.7 Å². The van der Waals surface area contributed by atoms with Crippen LogP contribution in [0.4, 0.5) is 10.1 Å². The summed E-state index contributed by atoms with van der Waals surface area (Å²) in [7, 11) is 1.58. The van der Waals surface area contributed by atoms with Crippen LogP contribution in [-0.2, 0) is 13.1 Å². The van der Waals surface area contributed by atoms with E-state index in [9.17, 15) is 9.18 Å². The molecule has 1 amide bonds. The van der Waals surface area contributed by atoms with Crippen molar-refractivity contribution in [3.8, 4) is 5.75 Å². The third-order valence-corrected chi connectivity index (χ3v) is 4.58. The quantitative estimate of drug-likeness (QED) is 0.442. The standard InChI is InChI=1S/C23H26FN5O2/c1-4-12-29-15-18(16(2)28-29)14-25-23(26-20-6-5-7-21(13-20)31-3)27-22(30)17-8-10-19(24)11-9-17/h5-11,13,15H,4,12,14H2,1-3H3,(H2,25,26,27,30). The molecule has 0 saturated carbocycles. The van der Waals surface area contributed by atoms with Crippen molar-refractivity contribution < 1.29 is 13.9 Å². The first-order valence-electron chi connectivity index (χ1n) is 10.0. The van der Waals surface area contributed by atoms with Crippen molar-refractivity contribution in [2.24, 2.45) is 4.99 Å². The van der Waals surface area contributed by atoms with Crippen LogP contribution in [0.3, 0.4) is 0 Å². The summed E-state index contributed by atoms with van der Waals surface area (Å²) in [6.45, 7) is 5.20. The minimum atomic E-state index is -0.403. The van der Waals surface area contributed by atoms with Gasteiger partial charge in [0.2, 0.25) is 5.96 Å². The van der Waals surface area contributed by atoms with Crippen molar-refractivity contribution in [3.63, 3.8) is 0 Å². The van der Waals surface area contributed by atoms with Crippen LogP contribution >= 0.6 is 0 Å². The molecule has 0 spiro atoms. The Bertz CT molecular complexity index is 1060. The monoisotopic (exact) mass is 423 g/mol. The highest BCUT2D eigenvalue weighted by molar-refractivity contribution is 6.09. The summed E-state index contributed by atoms with van der Waals surface area (Å²) in [6.07, 6.45) is 2.95. The van der Waals surface area contributed by atoms with Gasteiger partial charge in [-0.3, -0.25) is 14.8 Å². The topological polar surface area (TPSA) is 80.5 Å². The Morgan fingerprint density at radius 2 is 2.00 bits per heavy atom. The minimum absolute atomic E-state index is 0.269. The number of methoxy groups -OCH3 is 1. The summed E-state index contributed by atoms with van der Waals surface area (Å²) in [5.74, 6) is 0.142. The molecule has 0 atom stereocenters. The van der Waals surface area contributed by atoms with E-state index in [-0.39, 0.29) is 5.96 Å².